The van der Waals surface area contributed by atoms with Crippen LogP contribution in [0.2, 0.25) is 0 Å². The summed E-state index contributed by atoms with van der Waals surface area (Å²) >= 11 is 0. The van der Waals surface area contributed by atoms with Crippen molar-refractivity contribution in [1.82, 2.24) is 20.2 Å². The molecule has 5 nitrogen and oxygen atoms in total. The number of nitrogens with zero attached hydrogens (tertiary/aromatic N) is 2. The molecule has 1 unspecified atom stereocenters. The molecule has 1 heterocycles. The Morgan fingerprint density at radius 3 is 2.78 bits per heavy atom. The standard InChI is InChI=1S/C21H25FN4O/c1-26(2)19(15-7-5-8-16(22)13-15)14-23-21(27)12-6-11-20-24-17-9-3-4-10-18(17)25-20/h3-5,7-10,13,19H,6,11-12,14H2,1-2H3,(H,23,27)(H,24,25). The van der Waals surface area contributed by atoms with Crippen molar-refractivity contribution >= 4 is 16.9 Å². The molecule has 0 saturated carbocycles. The average molecular weight is 368 g/mol. The Kier molecular flexibility index (Phi) is 6.19. The summed E-state index contributed by atoms with van der Waals surface area (Å²) < 4.78 is 13.5. The Morgan fingerprint density at radius 1 is 1.22 bits per heavy atom. The minimum absolute atomic E-state index is 0.00522. The zero-order valence-corrected chi connectivity index (χ0v) is 15.7. The maximum Gasteiger partial charge on any atom is 0.220 e. The average Bonchev–Trinajstić information content (AvgIpc) is 3.04. The van der Waals surface area contributed by atoms with Gasteiger partial charge in [-0.25, -0.2) is 9.37 Å². The number of aryl methyl sites for hydroxylation is 1. The Morgan fingerprint density at radius 2 is 2.04 bits per heavy atom. The monoisotopic (exact) mass is 368 g/mol. The van der Waals surface area contributed by atoms with Crippen molar-refractivity contribution in [2.24, 2.45) is 0 Å². The molecule has 0 bridgehead atoms. The van der Waals surface area contributed by atoms with Gasteiger partial charge in [-0.1, -0.05) is 24.3 Å². The van der Waals surface area contributed by atoms with Gasteiger partial charge in [-0.3, -0.25) is 4.79 Å². The molecule has 27 heavy (non-hydrogen) atoms. The number of H-pyrrole nitrogens is 1. The van der Waals surface area contributed by atoms with Gasteiger partial charge in [-0.15, -0.1) is 0 Å². The lowest BCUT2D eigenvalue weighted by Gasteiger charge is -2.25. The van der Waals surface area contributed by atoms with E-state index in [1.54, 1.807) is 6.07 Å². The number of hydrogen-bond acceptors (Lipinski definition) is 3. The summed E-state index contributed by atoms with van der Waals surface area (Å²) in [5, 5.41) is 2.96. The minimum Gasteiger partial charge on any atom is -0.354 e. The van der Waals surface area contributed by atoms with E-state index in [4.69, 9.17) is 0 Å². The number of benzene rings is 2. The first-order valence-electron chi connectivity index (χ1n) is 9.15. The molecule has 1 amide bonds. The first-order valence-corrected chi connectivity index (χ1v) is 9.15. The summed E-state index contributed by atoms with van der Waals surface area (Å²) in [6.07, 6.45) is 1.88. The van der Waals surface area contributed by atoms with Crippen molar-refractivity contribution in [2.75, 3.05) is 20.6 Å². The first kappa shape index (κ1) is 19.0. The first-order chi connectivity index (χ1) is 13.0. The Bertz CT molecular complexity index is 873. The van der Waals surface area contributed by atoms with Crippen molar-refractivity contribution in [3.05, 3.63) is 65.7 Å². The molecule has 0 fully saturated rings. The second-order valence-electron chi connectivity index (χ2n) is 6.89. The van der Waals surface area contributed by atoms with Crippen molar-refractivity contribution in [2.45, 2.75) is 25.3 Å². The number of carbonyl (C=O) groups excluding carboxylic acids is 1. The van der Waals surface area contributed by atoms with E-state index in [9.17, 15) is 9.18 Å². The number of amides is 1. The molecular weight excluding hydrogens is 343 g/mol. The number of carbonyl (C=O) groups is 1. The number of para-hydroxylation sites is 2. The number of aromatic amines is 1. The van der Waals surface area contributed by atoms with Crippen LogP contribution in [0.25, 0.3) is 11.0 Å². The summed E-state index contributed by atoms with van der Waals surface area (Å²) in [5.41, 5.74) is 2.81. The van der Waals surface area contributed by atoms with E-state index in [-0.39, 0.29) is 17.8 Å². The van der Waals surface area contributed by atoms with Gasteiger partial charge >= 0.3 is 0 Å². The van der Waals surface area contributed by atoms with Crippen LogP contribution in [-0.4, -0.2) is 41.4 Å². The van der Waals surface area contributed by atoms with Crippen LogP contribution in [0.1, 0.15) is 30.3 Å². The number of aromatic nitrogens is 2. The molecule has 6 heteroatoms. The molecule has 0 aliphatic heterocycles. The molecule has 1 atom stereocenters. The molecule has 0 aliphatic rings. The van der Waals surface area contributed by atoms with Crippen LogP contribution in [0.15, 0.2) is 48.5 Å². The van der Waals surface area contributed by atoms with E-state index in [0.29, 0.717) is 13.0 Å². The van der Waals surface area contributed by atoms with Crippen LogP contribution >= 0.6 is 0 Å². The maximum absolute atomic E-state index is 13.5. The van der Waals surface area contributed by atoms with Gasteiger partial charge in [0.15, 0.2) is 0 Å². The third-order valence-electron chi connectivity index (χ3n) is 4.61. The Labute approximate surface area is 158 Å². The second kappa shape index (κ2) is 8.77. The molecule has 142 valence electrons. The maximum atomic E-state index is 13.5. The number of hydrogen-bond donors (Lipinski definition) is 2. The highest BCUT2D eigenvalue weighted by Gasteiger charge is 2.16. The van der Waals surface area contributed by atoms with Gasteiger partial charge in [0.1, 0.15) is 11.6 Å². The predicted octanol–water partition coefficient (Wildman–Crippen LogP) is 3.44. The van der Waals surface area contributed by atoms with Gasteiger partial charge in [0, 0.05) is 19.4 Å². The largest absolute Gasteiger partial charge is 0.354 e. The molecule has 3 rings (SSSR count). The van der Waals surface area contributed by atoms with Gasteiger partial charge in [-0.05, 0) is 50.3 Å². The minimum atomic E-state index is -0.267. The Balaban J connectivity index is 1.48. The second-order valence-corrected chi connectivity index (χ2v) is 6.89. The smallest absolute Gasteiger partial charge is 0.220 e. The molecule has 0 saturated heterocycles. The van der Waals surface area contributed by atoms with Gasteiger partial charge < -0.3 is 15.2 Å². The highest BCUT2D eigenvalue weighted by molar-refractivity contribution is 5.76. The zero-order chi connectivity index (χ0) is 19.2. The van der Waals surface area contributed by atoms with Crippen LogP contribution in [0.4, 0.5) is 4.39 Å². The SMILES string of the molecule is CN(C)C(CNC(=O)CCCc1nc2ccccc2[nH]1)c1cccc(F)c1. The van der Waals surface area contributed by atoms with Crippen LogP contribution < -0.4 is 5.32 Å². The fourth-order valence-electron chi connectivity index (χ4n) is 3.15. The third kappa shape index (κ3) is 5.14. The summed E-state index contributed by atoms with van der Waals surface area (Å²) in [6.45, 7) is 0.444. The van der Waals surface area contributed by atoms with Crippen molar-refractivity contribution in [3.8, 4) is 0 Å². The highest BCUT2D eigenvalue weighted by Crippen LogP contribution is 2.18. The number of nitrogens with one attached hydrogen (secondary N) is 2. The van der Waals surface area contributed by atoms with E-state index >= 15 is 0 Å². The number of fused-ring (bicyclic) bond motifs is 1. The van der Waals surface area contributed by atoms with Crippen molar-refractivity contribution in [1.29, 1.82) is 0 Å². The molecular formula is C21H25FN4O. The van der Waals surface area contributed by atoms with E-state index in [1.807, 2.05) is 49.3 Å². The van der Waals surface area contributed by atoms with Crippen LogP contribution in [0, 0.1) is 5.82 Å². The number of halogens is 1. The molecule has 0 radical (unpaired) electrons. The lowest BCUT2D eigenvalue weighted by atomic mass is 10.1. The van der Waals surface area contributed by atoms with Gasteiger partial charge in [-0.2, -0.15) is 0 Å². The van der Waals surface area contributed by atoms with Crippen LogP contribution in [-0.2, 0) is 11.2 Å². The van der Waals surface area contributed by atoms with Crippen LogP contribution in [0.3, 0.4) is 0 Å². The third-order valence-corrected chi connectivity index (χ3v) is 4.61. The lowest BCUT2D eigenvalue weighted by molar-refractivity contribution is -0.121. The van der Waals surface area contributed by atoms with E-state index in [1.165, 1.54) is 12.1 Å². The highest BCUT2D eigenvalue weighted by atomic mass is 19.1. The van der Waals surface area contributed by atoms with Gasteiger partial charge in [0.2, 0.25) is 5.91 Å². The van der Waals surface area contributed by atoms with Gasteiger partial charge in [0.25, 0.3) is 0 Å². The zero-order valence-electron chi connectivity index (χ0n) is 15.7. The van der Waals surface area contributed by atoms with Crippen LogP contribution in [0.5, 0.6) is 0 Å². The molecule has 0 spiro atoms. The quantitative estimate of drug-likeness (QED) is 0.640. The summed E-state index contributed by atoms with van der Waals surface area (Å²) in [4.78, 5) is 22.0. The molecule has 2 aromatic carbocycles. The Hall–Kier alpha value is -2.73. The van der Waals surface area contributed by atoms with Crippen molar-refractivity contribution < 1.29 is 9.18 Å². The fraction of sp³-hybridized carbons (Fsp3) is 0.333. The summed E-state index contributed by atoms with van der Waals surface area (Å²) in [6, 6.07) is 14.3. The summed E-state index contributed by atoms with van der Waals surface area (Å²) in [7, 11) is 3.84. The van der Waals surface area contributed by atoms with Crippen molar-refractivity contribution in [3.63, 3.8) is 0 Å². The summed E-state index contributed by atoms with van der Waals surface area (Å²) in [5.74, 6) is 0.626. The fourth-order valence-corrected chi connectivity index (χ4v) is 3.15. The van der Waals surface area contributed by atoms with E-state index in [2.05, 4.69) is 15.3 Å². The normalized spacial score (nSPS) is 12.4. The lowest BCUT2D eigenvalue weighted by Crippen LogP contribution is -2.34. The molecule has 2 N–H and O–H groups in total. The molecule has 1 aromatic heterocycles. The van der Waals surface area contributed by atoms with E-state index in [0.717, 1.165) is 35.3 Å². The predicted molar refractivity (Wildman–Crippen MR) is 105 cm³/mol. The number of imidazole rings is 1. The number of likely N-dealkylation sites (N-methyl/N-ethyl adjacent to an activating group) is 1. The van der Waals surface area contributed by atoms with E-state index < -0.39 is 0 Å². The molecule has 3 aromatic rings. The number of rotatable bonds is 8. The van der Waals surface area contributed by atoms with Gasteiger partial charge in [0.05, 0.1) is 17.1 Å². The topological polar surface area (TPSA) is 61.0 Å². The molecule has 0 aliphatic carbocycles.